The SMILES string of the molecule is Oc1ccc([C@@H]2Oc3c4c(cc(O)c3[C@@H](c3c(O)cc(O)c5c3O[C@@H](c3ccc(O)cc3)[C@H](O)C5)[C@H]2O)O[C@]2(c3ccc(O)cc3)Oc3cc(O)cc(O)c3[C@H]4C2O)cc1. The highest BCUT2D eigenvalue weighted by molar-refractivity contribution is 5.72. The van der Waals surface area contributed by atoms with Crippen molar-refractivity contribution in [2.75, 3.05) is 0 Å². The van der Waals surface area contributed by atoms with Crippen LogP contribution in [0.4, 0.5) is 0 Å². The molecule has 4 aliphatic rings. The minimum absolute atomic E-state index is 0.0125. The van der Waals surface area contributed by atoms with Crippen LogP contribution in [0.5, 0.6) is 69.0 Å². The lowest BCUT2D eigenvalue weighted by Crippen LogP contribution is -2.57. The van der Waals surface area contributed by atoms with Crippen LogP contribution in [0.3, 0.4) is 0 Å². The van der Waals surface area contributed by atoms with E-state index in [9.17, 15) is 56.2 Å². The van der Waals surface area contributed by atoms with Crippen molar-refractivity contribution < 1.29 is 75.1 Å². The summed E-state index contributed by atoms with van der Waals surface area (Å²) in [7, 11) is 0. The molecule has 15 heteroatoms. The first kappa shape index (κ1) is 37.1. The van der Waals surface area contributed by atoms with Crippen LogP contribution in [0.25, 0.3) is 0 Å². The van der Waals surface area contributed by atoms with Crippen molar-refractivity contribution in [3.8, 4) is 69.0 Å². The Balaban J connectivity index is 1.24. The van der Waals surface area contributed by atoms with Gasteiger partial charge in [0.15, 0.2) is 6.10 Å². The maximum Gasteiger partial charge on any atom is 0.305 e. The van der Waals surface area contributed by atoms with Crippen LogP contribution in [0.1, 0.15) is 68.6 Å². The van der Waals surface area contributed by atoms with Crippen molar-refractivity contribution in [1.29, 1.82) is 0 Å². The third-order valence-corrected chi connectivity index (χ3v) is 11.9. The van der Waals surface area contributed by atoms with Gasteiger partial charge >= 0.3 is 5.79 Å². The lowest BCUT2D eigenvalue weighted by atomic mass is 9.71. The van der Waals surface area contributed by atoms with E-state index in [0.29, 0.717) is 11.1 Å². The van der Waals surface area contributed by atoms with E-state index < -0.39 is 71.1 Å². The Labute approximate surface area is 339 Å². The van der Waals surface area contributed by atoms with Gasteiger partial charge in [-0.25, -0.2) is 0 Å². The molecule has 2 bridgehead atoms. The minimum Gasteiger partial charge on any atom is -0.508 e. The summed E-state index contributed by atoms with van der Waals surface area (Å²) in [6.07, 6.45) is -7.17. The normalized spacial score (nSPS) is 25.8. The van der Waals surface area contributed by atoms with E-state index in [0.717, 1.165) is 12.1 Å². The molecule has 11 N–H and O–H groups in total. The van der Waals surface area contributed by atoms with E-state index in [-0.39, 0.29) is 85.8 Å². The van der Waals surface area contributed by atoms with Gasteiger partial charge in [-0.05, 0) is 59.7 Å². The number of phenols is 8. The Kier molecular flexibility index (Phi) is 8.13. The lowest BCUT2D eigenvalue weighted by molar-refractivity contribution is -0.219. The quantitative estimate of drug-likeness (QED) is 0.110. The fourth-order valence-corrected chi connectivity index (χ4v) is 9.17. The van der Waals surface area contributed by atoms with Gasteiger partial charge in [-0.15, -0.1) is 0 Å². The summed E-state index contributed by atoms with van der Waals surface area (Å²) in [5.41, 5.74) is 0.936. The molecule has 4 heterocycles. The molecule has 0 saturated carbocycles. The van der Waals surface area contributed by atoms with E-state index in [2.05, 4.69) is 0 Å². The molecule has 60 heavy (non-hydrogen) atoms. The first-order chi connectivity index (χ1) is 28.7. The predicted octanol–water partition coefficient (Wildman–Crippen LogP) is 5.13. The molecule has 0 aliphatic carbocycles. The van der Waals surface area contributed by atoms with Gasteiger partial charge in [0.2, 0.25) is 0 Å². The van der Waals surface area contributed by atoms with Gasteiger partial charge in [-0.3, -0.25) is 0 Å². The summed E-state index contributed by atoms with van der Waals surface area (Å²) >= 11 is 0. The van der Waals surface area contributed by atoms with E-state index in [1.807, 2.05) is 0 Å². The molecule has 15 nitrogen and oxygen atoms in total. The van der Waals surface area contributed by atoms with Crippen LogP contribution in [0, 0.1) is 0 Å². The molecular formula is C45H36O15. The lowest BCUT2D eigenvalue weighted by Gasteiger charge is -2.51. The Morgan fingerprint density at radius 1 is 0.467 bits per heavy atom. The molecule has 0 saturated heterocycles. The first-order valence-electron chi connectivity index (χ1n) is 18.9. The summed E-state index contributed by atoms with van der Waals surface area (Å²) in [5.74, 6) is -7.82. The van der Waals surface area contributed by atoms with Gasteiger partial charge in [0.1, 0.15) is 87.3 Å². The number of benzene rings is 6. The van der Waals surface area contributed by atoms with Gasteiger partial charge in [0.25, 0.3) is 0 Å². The largest absolute Gasteiger partial charge is 0.508 e. The molecule has 4 aliphatic heterocycles. The molecule has 0 spiro atoms. The third kappa shape index (κ3) is 5.40. The number of hydrogen-bond acceptors (Lipinski definition) is 15. The molecule has 10 rings (SSSR count). The maximum absolute atomic E-state index is 12.5. The fourth-order valence-electron chi connectivity index (χ4n) is 9.17. The summed E-state index contributed by atoms with van der Waals surface area (Å²) in [6, 6.07) is 21.8. The topological polar surface area (TPSA) is 259 Å². The monoisotopic (exact) mass is 816 g/mol. The molecule has 8 atom stereocenters. The summed E-state index contributed by atoms with van der Waals surface area (Å²) in [5, 5.41) is 124. The molecule has 1 unspecified atom stereocenters. The fraction of sp³-hybridized carbons (Fsp3) is 0.200. The zero-order valence-corrected chi connectivity index (χ0v) is 31.0. The minimum atomic E-state index is -2.09. The predicted molar refractivity (Wildman–Crippen MR) is 207 cm³/mol. The van der Waals surface area contributed by atoms with Crippen molar-refractivity contribution in [1.82, 2.24) is 0 Å². The highest BCUT2D eigenvalue weighted by Gasteiger charge is 2.61. The Bertz CT molecular complexity index is 2700. The number of phenolic OH excluding ortho intramolecular Hbond substituents is 8. The van der Waals surface area contributed by atoms with Crippen LogP contribution < -0.4 is 18.9 Å². The summed E-state index contributed by atoms with van der Waals surface area (Å²) in [6.45, 7) is 0. The van der Waals surface area contributed by atoms with Gasteiger partial charge < -0.3 is 75.1 Å². The van der Waals surface area contributed by atoms with Crippen LogP contribution in [0.15, 0.2) is 97.1 Å². The number of rotatable bonds is 4. The average Bonchev–Trinajstić information content (AvgIpc) is 3.20. The summed E-state index contributed by atoms with van der Waals surface area (Å²) < 4.78 is 26.0. The molecular weight excluding hydrogens is 780 g/mol. The van der Waals surface area contributed by atoms with E-state index in [1.165, 1.54) is 72.8 Å². The highest BCUT2D eigenvalue weighted by Crippen LogP contribution is 2.65. The smallest absolute Gasteiger partial charge is 0.305 e. The van der Waals surface area contributed by atoms with Crippen LogP contribution >= 0.6 is 0 Å². The Morgan fingerprint density at radius 2 is 0.983 bits per heavy atom. The number of aliphatic hydroxyl groups is 3. The molecule has 6 aromatic rings. The Morgan fingerprint density at radius 3 is 1.62 bits per heavy atom. The third-order valence-electron chi connectivity index (χ3n) is 11.9. The number of hydrogen-bond donors (Lipinski definition) is 11. The van der Waals surface area contributed by atoms with Gasteiger partial charge in [0.05, 0.1) is 17.9 Å². The molecule has 0 fully saturated rings. The van der Waals surface area contributed by atoms with Crippen molar-refractivity contribution in [2.24, 2.45) is 0 Å². The molecule has 0 amide bonds. The molecule has 306 valence electrons. The van der Waals surface area contributed by atoms with Crippen molar-refractivity contribution >= 4 is 0 Å². The van der Waals surface area contributed by atoms with Gasteiger partial charge in [-0.1, -0.05) is 24.3 Å². The van der Waals surface area contributed by atoms with Crippen molar-refractivity contribution in [3.05, 3.63) is 142 Å². The van der Waals surface area contributed by atoms with E-state index >= 15 is 0 Å². The second-order valence-electron chi connectivity index (χ2n) is 15.4. The standard InChI is InChI=1S/C45H36O15/c46-21-7-1-18(2-8-21)40-30(54)15-25-26(50)16-28(52)34(42(25)57-40)37-35-29(53)17-32-36(43(35)58-41(39(37)55)19-3-9-22(47)10-4-19)38-33-27(51)13-24(49)14-31(33)59-45(60-32,44(38)56)20-5-11-23(48)12-6-20/h1-14,16-17,30,37-41,44,46-56H,15H2/t30-,37-,38-,39-,40+,41+,44?,45+/m1/s1. The van der Waals surface area contributed by atoms with Gasteiger partial charge in [-0.2, -0.15) is 0 Å². The van der Waals surface area contributed by atoms with Crippen molar-refractivity contribution in [3.63, 3.8) is 0 Å². The molecule has 0 aromatic heterocycles. The zero-order chi connectivity index (χ0) is 41.9. The van der Waals surface area contributed by atoms with Crippen LogP contribution in [-0.2, 0) is 12.2 Å². The number of ether oxygens (including phenoxy) is 4. The van der Waals surface area contributed by atoms with Crippen LogP contribution in [-0.4, -0.2) is 74.5 Å². The first-order valence-corrected chi connectivity index (χ1v) is 18.9. The number of fused-ring (bicyclic) bond motifs is 9. The maximum atomic E-state index is 12.5. The van der Waals surface area contributed by atoms with E-state index in [4.69, 9.17) is 18.9 Å². The second kappa shape index (κ2) is 13.2. The van der Waals surface area contributed by atoms with Crippen molar-refractivity contribution in [2.45, 2.75) is 54.6 Å². The van der Waals surface area contributed by atoms with Gasteiger partial charge in [0, 0.05) is 64.1 Å². The number of aromatic hydroxyl groups is 8. The highest BCUT2D eigenvalue weighted by atomic mass is 16.7. The van der Waals surface area contributed by atoms with Crippen LogP contribution in [0.2, 0.25) is 0 Å². The average molecular weight is 817 g/mol. The second-order valence-corrected chi connectivity index (χ2v) is 15.4. The summed E-state index contributed by atoms with van der Waals surface area (Å²) in [4.78, 5) is 0. The Hall–Kier alpha value is -7.20. The number of aliphatic hydroxyl groups excluding tert-OH is 3. The molecule has 6 aromatic carbocycles. The van der Waals surface area contributed by atoms with E-state index in [1.54, 1.807) is 12.1 Å². The molecule has 0 radical (unpaired) electrons. The zero-order valence-electron chi connectivity index (χ0n) is 31.0.